The van der Waals surface area contributed by atoms with Crippen molar-refractivity contribution >= 4 is 36.9 Å². The molecule has 0 aromatic heterocycles. The lowest BCUT2D eigenvalue weighted by Gasteiger charge is -2.46. The van der Waals surface area contributed by atoms with Gasteiger partial charge in [0.2, 0.25) is 9.04 Å². The number of ether oxygens (including phenoxy) is 1. The molecular weight excluding hydrogens is 599 g/mol. The average molecular weight is 642 g/mol. The molecule has 1 aliphatic carbocycles. The van der Waals surface area contributed by atoms with Gasteiger partial charge in [0.15, 0.2) is 0 Å². The van der Waals surface area contributed by atoms with Gasteiger partial charge < -0.3 is 14.3 Å². The summed E-state index contributed by atoms with van der Waals surface area (Å²) in [6, 6.07) is 46.1. The summed E-state index contributed by atoms with van der Waals surface area (Å²) in [5, 5.41) is 14.3. The highest BCUT2D eigenvalue weighted by Gasteiger charge is 2.48. The summed E-state index contributed by atoms with van der Waals surface area (Å²) >= 11 is 0. The smallest absolute Gasteiger partial charge is 0.418 e. The first-order chi connectivity index (χ1) is 22.8. The van der Waals surface area contributed by atoms with Crippen LogP contribution in [-0.4, -0.2) is 33.0 Å². The molecule has 5 aromatic carbocycles. The Morgan fingerprint density at radius 3 is 1.79 bits per heavy atom. The molecule has 240 valence electrons. The number of aliphatic hydroxyl groups excluding tert-OH is 1. The molecule has 0 heterocycles. The molecule has 5 nitrogen and oxygen atoms in total. The molecule has 0 fully saturated rings. The standard InChI is InChI=1S/C41H43NO4Si/c1-40(2,3)36-25-16-26-37-35(36)27-28-38(43)41(37,46-47(33-21-12-6-13-22-33)34-23-14-7-15-24-34)29-30-45-39(44)42(31-17-8-4-9-18-31)32-19-10-5-11-20-32/h4-26,38,43,47H,27-30H2,1-3H3. The van der Waals surface area contributed by atoms with Gasteiger partial charge in [-0.1, -0.05) is 136 Å². The number of rotatable bonds is 9. The van der Waals surface area contributed by atoms with Crippen molar-refractivity contribution in [3.05, 3.63) is 156 Å². The molecule has 0 bridgehead atoms. The highest BCUT2D eigenvalue weighted by molar-refractivity contribution is 6.80. The quantitative estimate of drug-likeness (QED) is 0.170. The number of amides is 1. The number of fused-ring (bicyclic) bond motifs is 1. The van der Waals surface area contributed by atoms with Crippen molar-refractivity contribution < 1.29 is 19.1 Å². The highest BCUT2D eigenvalue weighted by Crippen LogP contribution is 2.45. The summed E-state index contributed by atoms with van der Waals surface area (Å²) in [5.74, 6) is 0. The zero-order chi connectivity index (χ0) is 32.9. The van der Waals surface area contributed by atoms with E-state index in [9.17, 15) is 9.90 Å². The lowest BCUT2D eigenvalue weighted by molar-refractivity contribution is -0.0838. The van der Waals surface area contributed by atoms with Crippen molar-refractivity contribution in [1.29, 1.82) is 0 Å². The number of anilines is 2. The second kappa shape index (κ2) is 14.1. The van der Waals surface area contributed by atoms with Crippen LogP contribution in [0.4, 0.5) is 16.2 Å². The molecule has 6 rings (SSSR count). The monoisotopic (exact) mass is 641 g/mol. The van der Waals surface area contributed by atoms with E-state index in [0.717, 1.165) is 22.4 Å². The Morgan fingerprint density at radius 2 is 1.28 bits per heavy atom. The first-order valence-electron chi connectivity index (χ1n) is 16.4. The number of benzene rings is 5. The Bertz CT molecular complexity index is 1680. The summed E-state index contributed by atoms with van der Waals surface area (Å²) in [6.07, 6.45) is 0.352. The van der Waals surface area contributed by atoms with E-state index in [4.69, 9.17) is 9.16 Å². The molecule has 0 aliphatic heterocycles. The molecule has 2 unspecified atom stereocenters. The van der Waals surface area contributed by atoms with Crippen LogP contribution >= 0.6 is 0 Å². The predicted molar refractivity (Wildman–Crippen MR) is 193 cm³/mol. The topological polar surface area (TPSA) is 59.0 Å². The molecular formula is C41H43NO4Si. The van der Waals surface area contributed by atoms with E-state index < -0.39 is 26.8 Å². The van der Waals surface area contributed by atoms with Crippen molar-refractivity contribution in [2.24, 2.45) is 0 Å². The van der Waals surface area contributed by atoms with Crippen molar-refractivity contribution in [1.82, 2.24) is 0 Å². The zero-order valence-corrected chi connectivity index (χ0v) is 28.5. The van der Waals surface area contributed by atoms with Crippen LogP contribution in [-0.2, 0) is 26.6 Å². The Labute approximate surface area is 280 Å². The number of hydrogen-bond acceptors (Lipinski definition) is 4. The van der Waals surface area contributed by atoms with E-state index >= 15 is 0 Å². The summed E-state index contributed by atoms with van der Waals surface area (Å²) in [7, 11) is -2.34. The molecule has 0 saturated carbocycles. The lowest BCUT2D eigenvalue weighted by Crippen LogP contribution is -2.56. The van der Waals surface area contributed by atoms with Gasteiger partial charge in [0.1, 0.15) is 5.60 Å². The van der Waals surface area contributed by atoms with E-state index in [2.05, 4.69) is 63.2 Å². The molecule has 0 radical (unpaired) electrons. The Balaban J connectivity index is 1.40. The number of para-hydroxylation sites is 2. The molecule has 5 aromatic rings. The van der Waals surface area contributed by atoms with Crippen molar-refractivity contribution in [3.8, 4) is 0 Å². The van der Waals surface area contributed by atoms with E-state index in [1.807, 2.05) is 97.1 Å². The predicted octanol–water partition coefficient (Wildman–Crippen LogP) is 7.41. The summed E-state index contributed by atoms with van der Waals surface area (Å²) in [4.78, 5) is 15.5. The minimum atomic E-state index is -2.34. The van der Waals surface area contributed by atoms with Crippen LogP contribution in [0, 0.1) is 0 Å². The summed E-state index contributed by atoms with van der Waals surface area (Å²) in [5.41, 5.74) is 3.73. The third-order valence-electron chi connectivity index (χ3n) is 9.09. The molecule has 1 N–H and O–H groups in total. The second-order valence-corrected chi connectivity index (χ2v) is 15.5. The number of hydrogen-bond donors (Lipinski definition) is 1. The van der Waals surface area contributed by atoms with Crippen molar-refractivity contribution in [2.45, 2.75) is 57.2 Å². The maximum atomic E-state index is 13.9. The summed E-state index contributed by atoms with van der Waals surface area (Å²) in [6.45, 7) is 6.75. The Kier molecular flexibility index (Phi) is 9.73. The van der Waals surface area contributed by atoms with Gasteiger partial charge in [-0.25, -0.2) is 9.69 Å². The SMILES string of the molecule is CC(C)(C)c1cccc2c1CCC(O)C2(CCOC(=O)N(c1ccccc1)c1ccccc1)O[SiH](c1ccccc1)c1ccccc1. The van der Waals surface area contributed by atoms with Crippen LogP contribution in [0.1, 0.15) is 50.3 Å². The Hall–Kier alpha value is -4.49. The van der Waals surface area contributed by atoms with Gasteiger partial charge in [-0.3, -0.25) is 0 Å². The third-order valence-corrected chi connectivity index (χ3v) is 11.7. The number of carbonyl (C=O) groups excluding carboxylic acids is 1. The van der Waals surface area contributed by atoms with E-state index in [1.165, 1.54) is 11.1 Å². The van der Waals surface area contributed by atoms with Gasteiger partial charge in [0.25, 0.3) is 0 Å². The minimum Gasteiger partial charge on any atom is -0.449 e. The molecule has 1 aliphatic rings. The maximum Gasteiger partial charge on any atom is 0.418 e. The van der Waals surface area contributed by atoms with Crippen LogP contribution in [0.15, 0.2) is 140 Å². The third kappa shape index (κ3) is 6.96. The first kappa shape index (κ1) is 32.4. The van der Waals surface area contributed by atoms with Gasteiger partial charge >= 0.3 is 6.09 Å². The van der Waals surface area contributed by atoms with E-state index in [-0.39, 0.29) is 12.0 Å². The fourth-order valence-electron chi connectivity index (χ4n) is 6.81. The van der Waals surface area contributed by atoms with Crippen LogP contribution in [0.25, 0.3) is 0 Å². The van der Waals surface area contributed by atoms with Crippen molar-refractivity contribution in [2.75, 3.05) is 11.5 Å². The molecule has 0 saturated heterocycles. The van der Waals surface area contributed by atoms with Gasteiger partial charge in [-0.15, -0.1) is 0 Å². The normalized spacial score (nSPS) is 17.6. The highest BCUT2D eigenvalue weighted by atomic mass is 28.3. The Morgan fingerprint density at radius 1 is 0.766 bits per heavy atom. The van der Waals surface area contributed by atoms with Gasteiger partial charge in [-0.05, 0) is 69.6 Å². The van der Waals surface area contributed by atoms with Gasteiger partial charge in [0, 0.05) is 6.42 Å². The van der Waals surface area contributed by atoms with Crippen LogP contribution in [0.3, 0.4) is 0 Å². The largest absolute Gasteiger partial charge is 0.449 e. The van der Waals surface area contributed by atoms with Gasteiger partial charge in [0.05, 0.1) is 24.1 Å². The second-order valence-electron chi connectivity index (χ2n) is 13.2. The average Bonchev–Trinajstić information content (AvgIpc) is 3.10. The van der Waals surface area contributed by atoms with Gasteiger partial charge in [-0.2, -0.15) is 0 Å². The number of carbonyl (C=O) groups is 1. The molecule has 1 amide bonds. The van der Waals surface area contributed by atoms with Crippen LogP contribution in [0.2, 0.25) is 0 Å². The molecule has 47 heavy (non-hydrogen) atoms. The van der Waals surface area contributed by atoms with E-state index in [0.29, 0.717) is 24.2 Å². The lowest BCUT2D eigenvalue weighted by atomic mass is 9.70. The molecule has 0 spiro atoms. The summed E-state index contributed by atoms with van der Waals surface area (Å²) < 4.78 is 13.6. The zero-order valence-electron chi connectivity index (χ0n) is 27.4. The molecule has 6 heteroatoms. The van der Waals surface area contributed by atoms with Crippen LogP contribution in [0.5, 0.6) is 0 Å². The maximum absolute atomic E-state index is 13.9. The van der Waals surface area contributed by atoms with Crippen LogP contribution < -0.4 is 15.3 Å². The van der Waals surface area contributed by atoms with E-state index in [1.54, 1.807) is 4.90 Å². The molecule has 2 atom stereocenters. The first-order valence-corrected chi connectivity index (χ1v) is 18.1. The fraction of sp³-hybridized carbons (Fsp3) is 0.244. The minimum absolute atomic E-state index is 0.0654. The number of nitrogens with zero attached hydrogens (tertiary/aromatic N) is 1. The number of aliphatic hydroxyl groups is 1. The fourth-order valence-corrected chi connectivity index (χ4v) is 9.44. The van der Waals surface area contributed by atoms with Crippen molar-refractivity contribution in [3.63, 3.8) is 0 Å².